The van der Waals surface area contributed by atoms with E-state index in [1.165, 1.54) is 0 Å². The van der Waals surface area contributed by atoms with E-state index in [1.54, 1.807) is 6.92 Å². The number of rotatable bonds is 8. The summed E-state index contributed by atoms with van der Waals surface area (Å²) < 4.78 is 135. The zero-order chi connectivity index (χ0) is 18.0. The molecule has 0 aliphatic carbocycles. The average molecular weight is 369 g/mol. The molecule has 0 saturated heterocycles. The summed E-state index contributed by atoms with van der Waals surface area (Å²) in [6, 6.07) is 0. The Labute approximate surface area is 119 Å². The van der Waals surface area contributed by atoms with Crippen molar-refractivity contribution in [1.82, 2.24) is 4.72 Å². The van der Waals surface area contributed by atoms with E-state index in [0.29, 0.717) is 12.8 Å². The Bertz CT molecular complexity index is 472. The highest BCUT2D eigenvalue weighted by Gasteiger charge is 2.85. The Morgan fingerprint density at radius 3 is 1.64 bits per heavy atom. The van der Waals surface area contributed by atoms with E-state index in [0.717, 1.165) is 4.72 Å². The molecule has 0 spiro atoms. The van der Waals surface area contributed by atoms with Crippen LogP contribution >= 0.6 is 0 Å². The SMILES string of the molecule is CCCCCNS(=O)(=O)C(F)(F)C(F)(F)C(F)(F)C(F)(F)F. The third-order valence-corrected chi connectivity index (χ3v) is 4.04. The van der Waals surface area contributed by atoms with Crippen molar-refractivity contribution in [2.24, 2.45) is 0 Å². The average Bonchev–Trinajstić information content (AvgIpc) is 2.32. The van der Waals surface area contributed by atoms with E-state index in [2.05, 4.69) is 0 Å². The molecule has 0 rings (SSSR count). The Balaban J connectivity index is 5.52. The number of sulfonamides is 1. The molecular formula is C9H12F9NO2S. The molecule has 0 bridgehead atoms. The topological polar surface area (TPSA) is 46.2 Å². The lowest BCUT2D eigenvalue weighted by Crippen LogP contribution is -2.64. The van der Waals surface area contributed by atoms with E-state index >= 15 is 0 Å². The van der Waals surface area contributed by atoms with Gasteiger partial charge in [-0.25, -0.2) is 13.1 Å². The fourth-order valence-corrected chi connectivity index (χ4v) is 2.26. The normalized spacial score (nSPS) is 15.2. The van der Waals surface area contributed by atoms with Crippen molar-refractivity contribution >= 4 is 10.0 Å². The molecular weight excluding hydrogens is 357 g/mol. The van der Waals surface area contributed by atoms with Crippen LogP contribution in [0, 0.1) is 0 Å². The third kappa shape index (κ3) is 3.60. The number of nitrogens with one attached hydrogen (secondary N) is 1. The zero-order valence-corrected chi connectivity index (χ0v) is 11.8. The molecule has 0 unspecified atom stereocenters. The summed E-state index contributed by atoms with van der Waals surface area (Å²) in [5.41, 5.74) is 0. The largest absolute Gasteiger partial charge is 0.460 e. The summed E-state index contributed by atoms with van der Waals surface area (Å²) >= 11 is 0. The molecule has 0 fully saturated rings. The highest BCUT2D eigenvalue weighted by molar-refractivity contribution is 7.90. The van der Waals surface area contributed by atoms with Gasteiger partial charge in [-0.15, -0.1) is 0 Å². The Morgan fingerprint density at radius 2 is 1.27 bits per heavy atom. The van der Waals surface area contributed by atoms with Crippen molar-refractivity contribution in [3.8, 4) is 0 Å². The minimum Gasteiger partial charge on any atom is -0.210 e. The molecule has 0 amide bonds. The zero-order valence-electron chi connectivity index (χ0n) is 11.0. The van der Waals surface area contributed by atoms with Gasteiger partial charge in [0, 0.05) is 6.54 Å². The van der Waals surface area contributed by atoms with Crippen LogP contribution in [0.1, 0.15) is 26.2 Å². The van der Waals surface area contributed by atoms with Crippen LogP contribution in [0.25, 0.3) is 0 Å². The molecule has 0 saturated carbocycles. The summed E-state index contributed by atoms with van der Waals surface area (Å²) in [5, 5.41) is -6.66. The first kappa shape index (κ1) is 21.3. The Morgan fingerprint density at radius 1 is 0.818 bits per heavy atom. The van der Waals surface area contributed by atoms with E-state index in [-0.39, 0.29) is 6.42 Å². The monoisotopic (exact) mass is 369 g/mol. The predicted molar refractivity (Wildman–Crippen MR) is 57.3 cm³/mol. The molecule has 0 aromatic heterocycles. The summed E-state index contributed by atoms with van der Waals surface area (Å²) in [4.78, 5) is 0. The van der Waals surface area contributed by atoms with Gasteiger partial charge in [-0.1, -0.05) is 19.8 Å². The molecule has 3 nitrogen and oxygen atoms in total. The van der Waals surface area contributed by atoms with Gasteiger partial charge >= 0.3 is 23.3 Å². The molecule has 134 valence electrons. The first-order chi connectivity index (χ1) is 9.56. The smallest absolute Gasteiger partial charge is 0.210 e. The van der Waals surface area contributed by atoms with E-state index in [4.69, 9.17) is 0 Å². The minimum atomic E-state index is -7.23. The van der Waals surface area contributed by atoms with Crippen molar-refractivity contribution in [2.75, 3.05) is 6.54 Å². The highest BCUT2D eigenvalue weighted by atomic mass is 32.2. The molecule has 0 aliphatic heterocycles. The van der Waals surface area contributed by atoms with Crippen molar-refractivity contribution in [3.05, 3.63) is 0 Å². The molecule has 0 aliphatic rings. The lowest BCUT2D eigenvalue weighted by atomic mass is 10.1. The van der Waals surface area contributed by atoms with Crippen LogP contribution in [0.15, 0.2) is 0 Å². The summed E-state index contributed by atoms with van der Waals surface area (Å²) in [6.45, 7) is 0.820. The van der Waals surface area contributed by atoms with Gasteiger partial charge < -0.3 is 0 Å². The first-order valence-electron chi connectivity index (χ1n) is 5.75. The Kier molecular flexibility index (Phi) is 6.21. The van der Waals surface area contributed by atoms with Crippen LogP contribution in [-0.4, -0.2) is 38.2 Å². The number of alkyl halides is 9. The molecule has 22 heavy (non-hydrogen) atoms. The van der Waals surface area contributed by atoms with E-state index in [1.807, 2.05) is 0 Å². The van der Waals surface area contributed by atoms with Gasteiger partial charge in [0.1, 0.15) is 0 Å². The third-order valence-electron chi connectivity index (χ3n) is 2.53. The molecule has 1 N–H and O–H groups in total. The maximum atomic E-state index is 13.1. The summed E-state index contributed by atoms with van der Waals surface area (Å²) in [6.07, 6.45) is -6.37. The molecule has 0 radical (unpaired) electrons. The van der Waals surface area contributed by atoms with E-state index in [9.17, 15) is 47.9 Å². The van der Waals surface area contributed by atoms with Gasteiger partial charge in [0.25, 0.3) is 10.0 Å². The molecule has 0 heterocycles. The van der Waals surface area contributed by atoms with Crippen LogP contribution in [0.5, 0.6) is 0 Å². The number of hydrogen-bond acceptors (Lipinski definition) is 2. The van der Waals surface area contributed by atoms with Crippen LogP contribution in [-0.2, 0) is 10.0 Å². The lowest BCUT2D eigenvalue weighted by molar-refractivity contribution is -0.382. The fourth-order valence-electron chi connectivity index (χ4n) is 1.20. The second-order valence-electron chi connectivity index (χ2n) is 4.27. The van der Waals surface area contributed by atoms with Crippen LogP contribution in [0.4, 0.5) is 39.5 Å². The van der Waals surface area contributed by atoms with Crippen molar-refractivity contribution in [1.29, 1.82) is 0 Å². The minimum absolute atomic E-state index is 0.0902. The van der Waals surface area contributed by atoms with Crippen molar-refractivity contribution in [3.63, 3.8) is 0 Å². The quantitative estimate of drug-likeness (QED) is 0.526. The maximum absolute atomic E-state index is 13.1. The van der Waals surface area contributed by atoms with Gasteiger partial charge in [0.2, 0.25) is 0 Å². The highest BCUT2D eigenvalue weighted by Crippen LogP contribution is 2.54. The summed E-state index contributed by atoms with van der Waals surface area (Å²) in [5.74, 6) is -14.4. The van der Waals surface area contributed by atoms with Gasteiger partial charge in [-0.3, -0.25) is 0 Å². The van der Waals surface area contributed by atoms with Crippen LogP contribution in [0.2, 0.25) is 0 Å². The number of halogens is 9. The molecule has 0 aromatic rings. The van der Waals surface area contributed by atoms with Crippen LogP contribution in [0.3, 0.4) is 0 Å². The van der Waals surface area contributed by atoms with E-state index < -0.39 is 39.8 Å². The fraction of sp³-hybridized carbons (Fsp3) is 1.00. The molecule has 0 atom stereocenters. The number of unbranched alkanes of at least 4 members (excludes halogenated alkanes) is 2. The second kappa shape index (κ2) is 6.42. The molecule has 0 aromatic carbocycles. The predicted octanol–water partition coefficient (Wildman–Crippen LogP) is 3.52. The van der Waals surface area contributed by atoms with Crippen molar-refractivity contribution in [2.45, 2.75) is 49.5 Å². The molecule has 13 heteroatoms. The van der Waals surface area contributed by atoms with Crippen LogP contribution < -0.4 is 4.72 Å². The van der Waals surface area contributed by atoms with Crippen molar-refractivity contribution < 1.29 is 47.9 Å². The Hall–Kier alpha value is -0.720. The second-order valence-corrected chi connectivity index (χ2v) is 6.08. The summed E-state index contributed by atoms with van der Waals surface area (Å²) in [7, 11) is -6.45. The maximum Gasteiger partial charge on any atom is 0.460 e. The first-order valence-corrected chi connectivity index (χ1v) is 7.24. The van der Waals surface area contributed by atoms with Gasteiger partial charge in [-0.05, 0) is 6.42 Å². The standard InChI is InChI=1S/C9H12F9NO2S/c1-2-3-4-5-19-22(20,21)9(17,18)7(12,13)6(10,11)8(14,15)16/h19H,2-5H2,1H3. The van der Waals surface area contributed by atoms with Gasteiger partial charge in [-0.2, -0.15) is 39.5 Å². The van der Waals surface area contributed by atoms with Gasteiger partial charge in [0.15, 0.2) is 0 Å². The lowest BCUT2D eigenvalue weighted by Gasteiger charge is -2.33. The van der Waals surface area contributed by atoms with Gasteiger partial charge in [0.05, 0.1) is 0 Å². The number of hydrogen-bond donors (Lipinski definition) is 1.